The average Bonchev–Trinajstić information content (AvgIpc) is 2.56. The number of hydrogen-bond acceptors (Lipinski definition) is 2. The normalized spacial score (nSPS) is 11.1. The molecule has 0 radical (unpaired) electrons. The van der Waals surface area contributed by atoms with Crippen LogP contribution in [0.5, 0.6) is 0 Å². The molecule has 0 saturated carbocycles. The van der Waals surface area contributed by atoms with E-state index in [2.05, 4.69) is 10.1 Å². The topological polar surface area (TPSA) is 30.7 Å². The number of aromatic nitrogens is 3. The summed E-state index contributed by atoms with van der Waals surface area (Å²) in [6, 6.07) is 7.04. The van der Waals surface area contributed by atoms with Gasteiger partial charge in [-0.25, -0.2) is 9.67 Å². The van der Waals surface area contributed by atoms with Gasteiger partial charge in [-0.15, -0.1) is 0 Å². The fourth-order valence-electron chi connectivity index (χ4n) is 0.850. The minimum Gasteiger partial charge on any atom is -0.237 e. The predicted octanol–water partition coefficient (Wildman–Crippen LogP) is 1.27. The molecule has 0 N–H and O–H groups in total. The minimum atomic E-state index is 0.253. The second-order valence-corrected chi connectivity index (χ2v) is 2.08. The van der Waals surface area contributed by atoms with Crippen molar-refractivity contribution < 1.29 is 1.37 Å². The molecule has 0 aromatic carbocycles. The fourth-order valence-corrected chi connectivity index (χ4v) is 0.850. The third-order valence-corrected chi connectivity index (χ3v) is 1.33. The van der Waals surface area contributed by atoms with Crippen LogP contribution >= 0.6 is 0 Å². The van der Waals surface area contributed by atoms with Crippen LogP contribution in [0.1, 0.15) is 1.37 Å². The molecule has 0 amide bonds. The number of pyridine rings is 1. The lowest BCUT2D eigenvalue weighted by molar-refractivity contribution is 0.847. The largest absolute Gasteiger partial charge is 0.237 e. The van der Waals surface area contributed by atoms with Gasteiger partial charge in [-0.05, 0) is 18.2 Å². The van der Waals surface area contributed by atoms with Crippen molar-refractivity contribution in [2.75, 3.05) is 0 Å². The van der Waals surface area contributed by atoms with Crippen molar-refractivity contribution in [3.05, 3.63) is 42.8 Å². The van der Waals surface area contributed by atoms with Gasteiger partial charge >= 0.3 is 0 Å². The van der Waals surface area contributed by atoms with Crippen molar-refractivity contribution in [3.8, 4) is 5.82 Å². The summed E-state index contributed by atoms with van der Waals surface area (Å²) >= 11 is 0. The molecule has 3 nitrogen and oxygen atoms in total. The molecule has 0 atom stereocenters. The highest BCUT2D eigenvalue weighted by molar-refractivity contribution is 5.19. The van der Waals surface area contributed by atoms with E-state index in [1.807, 2.05) is 12.1 Å². The van der Waals surface area contributed by atoms with Crippen LogP contribution in [0.2, 0.25) is 0 Å². The Bertz CT molecular complexity index is 370. The molecular formula is C8H7N3. The van der Waals surface area contributed by atoms with E-state index < -0.39 is 0 Å². The van der Waals surface area contributed by atoms with Gasteiger partial charge < -0.3 is 0 Å². The first-order valence-electron chi connectivity index (χ1n) is 3.80. The fraction of sp³-hybridized carbons (Fsp3) is 0. The van der Waals surface area contributed by atoms with Crippen LogP contribution in [-0.4, -0.2) is 14.8 Å². The third kappa shape index (κ3) is 1.12. The van der Waals surface area contributed by atoms with Gasteiger partial charge in [-0.2, -0.15) is 5.10 Å². The molecule has 0 aliphatic carbocycles. The molecule has 2 aromatic heterocycles. The highest BCUT2D eigenvalue weighted by Gasteiger charge is 1.92. The number of nitrogens with zero attached hydrogens (tertiary/aromatic N) is 3. The van der Waals surface area contributed by atoms with E-state index in [9.17, 15) is 0 Å². The quantitative estimate of drug-likeness (QED) is 0.608. The SMILES string of the molecule is [3H]c1cccc(-n2cccn2)n1. The summed E-state index contributed by atoms with van der Waals surface area (Å²) in [5.74, 6) is 0.674. The lowest BCUT2D eigenvalue weighted by Crippen LogP contribution is -1.95. The summed E-state index contributed by atoms with van der Waals surface area (Å²) in [5.41, 5.74) is 0. The molecule has 54 valence electrons. The highest BCUT2D eigenvalue weighted by Crippen LogP contribution is 1.98. The summed E-state index contributed by atoms with van der Waals surface area (Å²) in [6.45, 7) is 0. The zero-order valence-corrected chi connectivity index (χ0v) is 5.81. The van der Waals surface area contributed by atoms with E-state index in [-0.39, 0.29) is 6.17 Å². The van der Waals surface area contributed by atoms with Gasteiger partial charge in [0.1, 0.15) is 0 Å². The van der Waals surface area contributed by atoms with Crippen LogP contribution in [0.25, 0.3) is 5.82 Å². The van der Waals surface area contributed by atoms with Crippen LogP contribution < -0.4 is 0 Å². The molecule has 3 heteroatoms. The molecule has 0 spiro atoms. The molecule has 0 aliphatic heterocycles. The Morgan fingerprint density at radius 1 is 1.36 bits per heavy atom. The zero-order valence-electron chi connectivity index (χ0n) is 6.81. The Labute approximate surface area is 65.7 Å². The summed E-state index contributed by atoms with van der Waals surface area (Å²) in [4.78, 5) is 3.98. The molecule has 2 aromatic rings. The second kappa shape index (κ2) is 2.54. The Hall–Kier alpha value is -1.64. The van der Waals surface area contributed by atoms with Gasteiger partial charge in [-0.1, -0.05) is 6.07 Å². The Kier molecular flexibility index (Phi) is 1.17. The molecular weight excluding hydrogens is 138 g/mol. The molecule has 0 bridgehead atoms. The van der Waals surface area contributed by atoms with Crippen molar-refractivity contribution >= 4 is 0 Å². The molecule has 2 rings (SSSR count). The van der Waals surface area contributed by atoms with E-state index in [1.165, 1.54) is 0 Å². The van der Waals surface area contributed by atoms with Gasteiger partial charge in [0.15, 0.2) is 5.82 Å². The van der Waals surface area contributed by atoms with Crippen LogP contribution in [0.15, 0.2) is 42.8 Å². The summed E-state index contributed by atoms with van der Waals surface area (Å²) in [5, 5.41) is 4.00. The van der Waals surface area contributed by atoms with Gasteiger partial charge in [0.25, 0.3) is 0 Å². The Morgan fingerprint density at radius 2 is 2.36 bits per heavy atom. The van der Waals surface area contributed by atoms with Gasteiger partial charge in [-0.3, -0.25) is 0 Å². The maximum absolute atomic E-state index is 7.29. The van der Waals surface area contributed by atoms with E-state index in [4.69, 9.17) is 1.37 Å². The maximum Gasteiger partial charge on any atom is 0.153 e. The summed E-state index contributed by atoms with van der Waals surface area (Å²) < 4.78 is 8.91. The monoisotopic (exact) mass is 147 g/mol. The van der Waals surface area contributed by atoms with E-state index in [0.29, 0.717) is 5.82 Å². The minimum absolute atomic E-state index is 0.253. The molecule has 0 unspecified atom stereocenters. The first kappa shape index (κ1) is 5.07. The summed E-state index contributed by atoms with van der Waals surface area (Å²) in [7, 11) is 0. The van der Waals surface area contributed by atoms with Crippen molar-refractivity contribution in [2.24, 2.45) is 0 Å². The van der Waals surface area contributed by atoms with E-state index in [0.717, 1.165) is 0 Å². The lowest BCUT2D eigenvalue weighted by atomic mass is 10.5. The predicted molar refractivity (Wildman–Crippen MR) is 41.4 cm³/mol. The lowest BCUT2D eigenvalue weighted by Gasteiger charge is -1.96. The molecule has 0 aliphatic rings. The van der Waals surface area contributed by atoms with Gasteiger partial charge in [0, 0.05) is 18.6 Å². The van der Waals surface area contributed by atoms with Crippen LogP contribution in [0.4, 0.5) is 0 Å². The van der Waals surface area contributed by atoms with Gasteiger partial charge in [0.2, 0.25) is 0 Å². The Morgan fingerprint density at radius 3 is 3.09 bits per heavy atom. The van der Waals surface area contributed by atoms with E-state index in [1.54, 1.807) is 29.2 Å². The first-order valence-corrected chi connectivity index (χ1v) is 3.30. The molecule has 11 heavy (non-hydrogen) atoms. The zero-order chi connectivity index (χ0) is 8.39. The second-order valence-electron chi connectivity index (χ2n) is 2.08. The van der Waals surface area contributed by atoms with Crippen molar-refractivity contribution in [1.29, 1.82) is 0 Å². The maximum atomic E-state index is 7.29. The smallest absolute Gasteiger partial charge is 0.153 e. The van der Waals surface area contributed by atoms with Crippen molar-refractivity contribution in [3.63, 3.8) is 0 Å². The van der Waals surface area contributed by atoms with Crippen LogP contribution in [-0.2, 0) is 0 Å². The van der Waals surface area contributed by atoms with E-state index >= 15 is 0 Å². The highest BCUT2D eigenvalue weighted by atomic mass is 15.3. The number of hydrogen-bond donors (Lipinski definition) is 0. The van der Waals surface area contributed by atoms with Crippen molar-refractivity contribution in [2.45, 2.75) is 0 Å². The first-order chi connectivity index (χ1) is 5.86. The van der Waals surface area contributed by atoms with Gasteiger partial charge in [0.05, 0.1) is 1.37 Å². The Balaban J connectivity index is 2.48. The molecule has 0 fully saturated rings. The molecule has 2 heterocycles. The third-order valence-electron chi connectivity index (χ3n) is 1.33. The van der Waals surface area contributed by atoms with Crippen LogP contribution in [0, 0.1) is 0 Å². The number of rotatable bonds is 1. The van der Waals surface area contributed by atoms with Crippen LogP contribution in [0.3, 0.4) is 0 Å². The standard InChI is InChI=1S/C8H7N3/c1-2-5-9-8(4-1)11-7-3-6-10-11/h1-7H/i5T. The average molecular weight is 147 g/mol. The van der Waals surface area contributed by atoms with Crippen molar-refractivity contribution in [1.82, 2.24) is 14.8 Å². The molecule has 0 saturated heterocycles. The summed E-state index contributed by atoms with van der Waals surface area (Å²) in [6.07, 6.45) is 3.73.